The highest BCUT2D eigenvalue weighted by molar-refractivity contribution is 5.80. The largest absolute Gasteiger partial charge is 0.353 e. The van der Waals surface area contributed by atoms with Crippen molar-refractivity contribution in [3.8, 4) is 0 Å². The lowest BCUT2D eigenvalue weighted by Crippen LogP contribution is -2.56. The van der Waals surface area contributed by atoms with Crippen LogP contribution in [0.1, 0.15) is 69.4 Å². The molecule has 5 aliphatic rings. The van der Waals surface area contributed by atoms with Gasteiger partial charge in [-0.05, 0) is 112 Å². The van der Waals surface area contributed by atoms with E-state index in [-0.39, 0.29) is 5.92 Å². The van der Waals surface area contributed by atoms with Crippen LogP contribution in [0.5, 0.6) is 0 Å². The second-order valence-electron chi connectivity index (χ2n) is 13.2. The zero-order chi connectivity index (χ0) is 25.9. The van der Waals surface area contributed by atoms with Crippen molar-refractivity contribution in [1.29, 1.82) is 0 Å². The summed E-state index contributed by atoms with van der Waals surface area (Å²) < 4.78 is 2.37. The number of benzene rings is 2. The summed E-state index contributed by atoms with van der Waals surface area (Å²) in [5, 5.41) is 3.55. The predicted octanol–water partition coefficient (Wildman–Crippen LogP) is 6.33. The summed E-state index contributed by atoms with van der Waals surface area (Å²) in [7, 11) is 0. The van der Waals surface area contributed by atoms with Crippen molar-refractivity contribution in [2.24, 2.45) is 29.1 Å². The van der Waals surface area contributed by atoms with Gasteiger partial charge in [-0.15, -0.1) is 0 Å². The van der Waals surface area contributed by atoms with Crippen LogP contribution in [0.4, 0.5) is 5.95 Å². The van der Waals surface area contributed by atoms with Crippen molar-refractivity contribution in [2.75, 3.05) is 18.0 Å². The number of fused-ring (bicyclic) bond motifs is 1. The van der Waals surface area contributed by atoms with Crippen LogP contribution >= 0.6 is 0 Å². The highest BCUT2D eigenvalue weighted by atomic mass is 16.2. The number of nitrogens with one attached hydrogen (secondary N) is 1. The van der Waals surface area contributed by atoms with E-state index in [1.807, 2.05) is 0 Å². The molecule has 5 fully saturated rings. The Bertz CT molecular complexity index is 1300. The summed E-state index contributed by atoms with van der Waals surface area (Å²) in [6, 6.07) is 17.4. The summed E-state index contributed by atoms with van der Waals surface area (Å²) in [5.41, 5.74) is 5.21. The lowest BCUT2D eigenvalue weighted by molar-refractivity contribution is -0.130. The normalized spacial score (nSPS) is 29.6. The monoisotopic (exact) mass is 510 g/mol. The molecule has 1 saturated heterocycles. The van der Waals surface area contributed by atoms with E-state index in [0.29, 0.717) is 17.4 Å². The number of anilines is 1. The van der Waals surface area contributed by atoms with E-state index in [0.717, 1.165) is 61.7 Å². The van der Waals surface area contributed by atoms with E-state index in [1.54, 1.807) is 0 Å². The van der Waals surface area contributed by atoms with E-state index in [1.165, 1.54) is 55.2 Å². The molecule has 200 valence electrons. The number of nitrogens with zero attached hydrogens (tertiary/aromatic N) is 3. The van der Waals surface area contributed by atoms with E-state index < -0.39 is 0 Å². The average molecular weight is 511 g/mol. The fourth-order valence-corrected chi connectivity index (χ4v) is 8.95. The maximum Gasteiger partial charge on any atom is 0.223 e. The van der Waals surface area contributed by atoms with E-state index >= 15 is 0 Å². The molecular weight excluding hydrogens is 468 g/mol. The van der Waals surface area contributed by atoms with Crippen molar-refractivity contribution in [2.45, 2.75) is 77.8 Å². The molecule has 0 spiro atoms. The van der Waals surface area contributed by atoms with Gasteiger partial charge >= 0.3 is 0 Å². The number of rotatable bonds is 6. The van der Waals surface area contributed by atoms with Crippen molar-refractivity contribution in [1.82, 2.24) is 14.9 Å². The van der Waals surface area contributed by atoms with Crippen LogP contribution < -0.4 is 10.2 Å². The molecular formula is C33H42N4O. The molecule has 4 saturated carbocycles. The van der Waals surface area contributed by atoms with Crippen molar-refractivity contribution < 1.29 is 4.79 Å². The van der Waals surface area contributed by atoms with E-state index in [2.05, 4.69) is 77.2 Å². The van der Waals surface area contributed by atoms with Gasteiger partial charge in [0.15, 0.2) is 0 Å². The van der Waals surface area contributed by atoms with Crippen molar-refractivity contribution in [3.63, 3.8) is 0 Å². The Kier molecular flexibility index (Phi) is 6.01. The summed E-state index contributed by atoms with van der Waals surface area (Å²) in [6.07, 6.45) is 10.2. The van der Waals surface area contributed by atoms with Gasteiger partial charge < -0.3 is 14.8 Å². The third-order valence-electron chi connectivity index (χ3n) is 10.7. The first-order chi connectivity index (χ1) is 18.5. The van der Waals surface area contributed by atoms with Gasteiger partial charge in [0.05, 0.1) is 17.6 Å². The molecule has 0 radical (unpaired) electrons. The fraction of sp³-hybridized carbons (Fsp3) is 0.576. The number of amides is 1. The minimum atomic E-state index is 0.108. The first kappa shape index (κ1) is 24.2. The Balaban J connectivity index is 1.04. The zero-order valence-corrected chi connectivity index (χ0v) is 23.0. The number of hydrogen-bond acceptors (Lipinski definition) is 3. The summed E-state index contributed by atoms with van der Waals surface area (Å²) in [6.45, 7) is 7.06. The van der Waals surface area contributed by atoms with Gasteiger partial charge in [-0.25, -0.2) is 4.98 Å². The predicted molar refractivity (Wildman–Crippen MR) is 153 cm³/mol. The maximum absolute atomic E-state index is 13.5. The van der Waals surface area contributed by atoms with Crippen LogP contribution in [0.2, 0.25) is 0 Å². The Morgan fingerprint density at radius 2 is 1.61 bits per heavy atom. The van der Waals surface area contributed by atoms with Crippen LogP contribution in [0.3, 0.4) is 0 Å². The number of aromatic nitrogens is 2. The van der Waals surface area contributed by atoms with E-state index in [9.17, 15) is 4.79 Å². The smallest absolute Gasteiger partial charge is 0.223 e. The summed E-state index contributed by atoms with van der Waals surface area (Å²) >= 11 is 0. The molecule has 0 unspecified atom stereocenters. The van der Waals surface area contributed by atoms with Gasteiger partial charge in [0.2, 0.25) is 11.9 Å². The van der Waals surface area contributed by atoms with Gasteiger partial charge in [0.25, 0.3) is 0 Å². The lowest BCUT2D eigenvalue weighted by Gasteiger charge is -2.59. The maximum atomic E-state index is 13.5. The first-order valence-corrected chi connectivity index (χ1v) is 15.0. The molecule has 8 rings (SSSR count). The third kappa shape index (κ3) is 4.23. The van der Waals surface area contributed by atoms with Crippen LogP contribution in [0.15, 0.2) is 48.5 Å². The standard InChI is InChI=1S/C33H42N4O/c1-22-7-3-4-8-28(22)21-37-30-10-6-5-9-29(30)35-32(37)36-13-11-27(12-14-36)31(38)34-23(2)33-18-24-15-25(19-33)17-26(16-24)20-33/h3-10,23-27H,11-21H2,1-2H3,(H,34,38)/t23-,24?,25?,26?,33?/m0/s1. The minimum absolute atomic E-state index is 0.108. The van der Waals surface area contributed by atoms with Gasteiger partial charge in [-0.2, -0.15) is 0 Å². The molecule has 38 heavy (non-hydrogen) atoms. The Hall–Kier alpha value is -2.82. The number of carbonyl (C=O) groups is 1. The van der Waals surface area contributed by atoms with Crippen LogP contribution in [-0.4, -0.2) is 34.6 Å². The minimum Gasteiger partial charge on any atom is -0.353 e. The lowest BCUT2D eigenvalue weighted by atomic mass is 9.48. The molecule has 2 heterocycles. The molecule has 5 nitrogen and oxygen atoms in total. The Morgan fingerprint density at radius 3 is 2.29 bits per heavy atom. The number of piperidine rings is 1. The van der Waals surface area contributed by atoms with Gasteiger partial charge in [-0.1, -0.05) is 36.4 Å². The highest BCUT2D eigenvalue weighted by Gasteiger charge is 2.53. The second-order valence-corrected chi connectivity index (χ2v) is 13.2. The topological polar surface area (TPSA) is 50.2 Å². The SMILES string of the molecule is Cc1ccccc1Cn1c(N2CCC(C(=O)N[C@@H](C)C34CC5CC(CC(C5)C3)C4)CC2)nc2ccccc21. The fourth-order valence-electron chi connectivity index (χ4n) is 8.95. The second kappa shape index (κ2) is 9.43. The summed E-state index contributed by atoms with van der Waals surface area (Å²) in [4.78, 5) is 21.0. The Morgan fingerprint density at radius 1 is 0.974 bits per heavy atom. The first-order valence-electron chi connectivity index (χ1n) is 15.0. The molecule has 1 atom stereocenters. The molecule has 5 heteroatoms. The molecule has 1 amide bonds. The molecule has 4 bridgehead atoms. The van der Waals surface area contributed by atoms with Crippen molar-refractivity contribution in [3.05, 3.63) is 59.7 Å². The zero-order valence-electron chi connectivity index (χ0n) is 23.0. The summed E-state index contributed by atoms with van der Waals surface area (Å²) in [5.74, 6) is 4.20. The molecule has 3 aromatic rings. The highest BCUT2D eigenvalue weighted by Crippen LogP contribution is 2.61. The Labute approximate surface area is 227 Å². The number of hydrogen-bond donors (Lipinski definition) is 1. The molecule has 2 aromatic carbocycles. The molecule has 1 N–H and O–H groups in total. The van der Waals surface area contributed by atoms with Gasteiger partial charge in [0, 0.05) is 25.0 Å². The third-order valence-corrected chi connectivity index (χ3v) is 10.7. The molecule has 1 aliphatic heterocycles. The number of imidazole rings is 1. The van der Waals surface area contributed by atoms with Crippen LogP contribution in [-0.2, 0) is 11.3 Å². The van der Waals surface area contributed by atoms with Gasteiger partial charge in [0.1, 0.15) is 0 Å². The van der Waals surface area contributed by atoms with Crippen molar-refractivity contribution >= 4 is 22.9 Å². The average Bonchev–Trinajstić information content (AvgIpc) is 3.27. The number of para-hydroxylation sites is 2. The number of aryl methyl sites for hydroxylation is 1. The molecule has 1 aromatic heterocycles. The number of carbonyl (C=O) groups excluding carboxylic acids is 1. The van der Waals surface area contributed by atoms with E-state index in [4.69, 9.17) is 4.98 Å². The van der Waals surface area contributed by atoms with Crippen LogP contribution in [0, 0.1) is 36.0 Å². The van der Waals surface area contributed by atoms with Crippen LogP contribution in [0.25, 0.3) is 11.0 Å². The van der Waals surface area contributed by atoms with Gasteiger partial charge in [-0.3, -0.25) is 4.79 Å². The molecule has 4 aliphatic carbocycles. The quantitative estimate of drug-likeness (QED) is 0.422.